The highest BCUT2D eigenvalue weighted by Gasteiger charge is 2.19. The summed E-state index contributed by atoms with van der Waals surface area (Å²) in [5.41, 5.74) is 2.30. The average molecular weight is 384 g/mol. The van der Waals surface area contributed by atoms with E-state index in [2.05, 4.69) is 20.4 Å². The van der Waals surface area contributed by atoms with Gasteiger partial charge in [-0.25, -0.2) is 9.97 Å². The Bertz CT molecular complexity index is 1070. The molecule has 132 valence electrons. The molecule has 0 spiro atoms. The maximum absolute atomic E-state index is 12.8. The van der Waals surface area contributed by atoms with Gasteiger partial charge in [-0.15, -0.1) is 22.7 Å². The van der Waals surface area contributed by atoms with E-state index in [9.17, 15) is 4.79 Å². The second-order valence-electron chi connectivity index (χ2n) is 5.85. The molecule has 4 aromatic heterocycles. The van der Waals surface area contributed by atoms with Gasteiger partial charge in [0.25, 0.3) is 11.6 Å². The molecule has 0 unspecified atom stereocenters. The van der Waals surface area contributed by atoms with E-state index >= 15 is 0 Å². The summed E-state index contributed by atoms with van der Waals surface area (Å²) in [6.45, 7) is 4.38. The zero-order valence-corrected chi connectivity index (χ0v) is 15.9. The lowest BCUT2D eigenvalue weighted by Crippen LogP contribution is -2.26. The van der Waals surface area contributed by atoms with E-state index in [1.54, 1.807) is 28.9 Å². The fourth-order valence-corrected chi connectivity index (χ4v) is 4.18. The van der Waals surface area contributed by atoms with E-state index in [4.69, 9.17) is 4.52 Å². The normalized spacial score (nSPS) is 11.2. The van der Waals surface area contributed by atoms with E-state index in [-0.39, 0.29) is 5.91 Å². The predicted molar refractivity (Wildman–Crippen MR) is 103 cm³/mol. The number of aryl methyl sites for hydroxylation is 2. The first-order valence-electron chi connectivity index (χ1n) is 8.12. The van der Waals surface area contributed by atoms with Crippen LogP contribution in [-0.2, 0) is 6.42 Å². The number of nitrogens with zero attached hydrogens (tertiary/aromatic N) is 3. The molecular weight excluding hydrogens is 368 g/mol. The Balaban J connectivity index is 1.65. The topological polar surface area (TPSA) is 80.9 Å². The number of carbonyl (C=O) groups is 1. The van der Waals surface area contributed by atoms with Crippen molar-refractivity contribution < 1.29 is 9.32 Å². The zero-order valence-electron chi connectivity index (χ0n) is 14.3. The molecule has 4 rings (SSSR count). The third kappa shape index (κ3) is 3.25. The van der Waals surface area contributed by atoms with Gasteiger partial charge in [0.2, 0.25) is 0 Å². The summed E-state index contributed by atoms with van der Waals surface area (Å²) >= 11 is 3.21. The lowest BCUT2D eigenvalue weighted by Gasteiger charge is -2.07. The van der Waals surface area contributed by atoms with E-state index in [0.717, 1.165) is 15.6 Å². The van der Waals surface area contributed by atoms with Gasteiger partial charge in [-0.3, -0.25) is 4.79 Å². The summed E-state index contributed by atoms with van der Waals surface area (Å²) in [5.74, 6) is -0.158. The third-order valence-electron chi connectivity index (χ3n) is 3.96. The van der Waals surface area contributed by atoms with Crippen LogP contribution in [0.2, 0.25) is 0 Å². The van der Waals surface area contributed by atoms with Crippen molar-refractivity contribution in [3.05, 3.63) is 50.9 Å². The first-order chi connectivity index (χ1) is 12.6. The van der Waals surface area contributed by atoms with Gasteiger partial charge in [0.15, 0.2) is 0 Å². The SMILES string of the molecule is Cc1ccc(-c2cc(C(=O)NCCc3nccs3)c3c(C)noc3n2)s1. The molecular formula is C18H16N4O2S2. The average Bonchev–Trinajstić information content (AvgIpc) is 3.36. The molecule has 1 amide bonds. The molecule has 0 fully saturated rings. The number of hydrogen-bond acceptors (Lipinski definition) is 7. The summed E-state index contributed by atoms with van der Waals surface area (Å²) in [6, 6.07) is 5.85. The van der Waals surface area contributed by atoms with Crippen LogP contribution in [-0.4, -0.2) is 27.6 Å². The largest absolute Gasteiger partial charge is 0.352 e. The van der Waals surface area contributed by atoms with Gasteiger partial charge in [-0.05, 0) is 32.0 Å². The predicted octanol–water partition coefficient (Wildman–Crippen LogP) is 4.00. The van der Waals surface area contributed by atoms with E-state index < -0.39 is 0 Å². The summed E-state index contributed by atoms with van der Waals surface area (Å²) in [7, 11) is 0. The van der Waals surface area contributed by atoms with E-state index in [1.807, 2.05) is 37.4 Å². The van der Waals surface area contributed by atoms with Gasteiger partial charge in [0.1, 0.15) is 0 Å². The van der Waals surface area contributed by atoms with Crippen LogP contribution in [0, 0.1) is 13.8 Å². The fraction of sp³-hybridized carbons (Fsp3) is 0.222. The number of hydrogen-bond donors (Lipinski definition) is 1. The van der Waals surface area contributed by atoms with E-state index in [0.29, 0.717) is 35.3 Å². The number of thiazole rings is 1. The standard InChI is InChI=1S/C18H16N4O2S2/c1-10-3-4-14(26-10)13-9-12(16-11(2)22-24-18(16)21-13)17(23)20-6-5-15-19-7-8-25-15/h3-4,7-9H,5-6H2,1-2H3,(H,20,23). The molecule has 0 saturated heterocycles. The summed E-state index contributed by atoms with van der Waals surface area (Å²) in [5, 5.41) is 10.5. The Morgan fingerprint density at radius 3 is 2.92 bits per heavy atom. The highest BCUT2D eigenvalue weighted by Crippen LogP contribution is 2.30. The highest BCUT2D eigenvalue weighted by atomic mass is 32.1. The summed E-state index contributed by atoms with van der Waals surface area (Å²) in [6.07, 6.45) is 2.47. The van der Waals surface area contributed by atoms with Crippen molar-refractivity contribution in [3.63, 3.8) is 0 Å². The molecule has 0 bridgehead atoms. The molecule has 1 N–H and O–H groups in total. The maximum Gasteiger partial charge on any atom is 0.259 e. The molecule has 0 atom stereocenters. The maximum atomic E-state index is 12.8. The molecule has 4 heterocycles. The van der Waals surface area contributed by atoms with Crippen molar-refractivity contribution in [2.75, 3.05) is 6.54 Å². The van der Waals surface area contributed by atoms with Crippen LogP contribution in [0.1, 0.15) is 25.9 Å². The monoisotopic (exact) mass is 384 g/mol. The van der Waals surface area contributed by atoms with Crippen molar-refractivity contribution >= 4 is 39.7 Å². The lowest BCUT2D eigenvalue weighted by molar-refractivity contribution is 0.0955. The van der Waals surface area contributed by atoms with Gasteiger partial charge >= 0.3 is 0 Å². The lowest BCUT2D eigenvalue weighted by atomic mass is 10.1. The molecule has 8 heteroatoms. The van der Waals surface area contributed by atoms with Crippen molar-refractivity contribution in [2.45, 2.75) is 20.3 Å². The number of nitrogens with one attached hydrogen (secondary N) is 1. The summed E-state index contributed by atoms with van der Waals surface area (Å²) in [4.78, 5) is 23.8. The van der Waals surface area contributed by atoms with Gasteiger partial charge < -0.3 is 9.84 Å². The molecule has 0 saturated carbocycles. The first kappa shape index (κ1) is 16.9. The molecule has 0 aromatic carbocycles. The van der Waals surface area contributed by atoms with Crippen LogP contribution < -0.4 is 5.32 Å². The molecule has 0 radical (unpaired) electrons. The second kappa shape index (κ2) is 6.97. The Morgan fingerprint density at radius 1 is 1.31 bits per heavy atom. The van der Waals surface area contributed by atoms with Crippen molar-refractivity contribution in [2.24, 2.45) is 0 Å². The number of aromatic nitrogens is 3. The second-order valence-corrected chi connectivity index (χ2v) is 8.11. The molecule has 0 aliphatic heterocycles. The van der Waals surface area contributed by atoms with Crippen LogP contribution in [0.3, 0.4) is 0 Å². The van der Waals surface area contributed by atoms with Gasteiger partial charge in [0.05, 0.1) is 32.2 Å². The number of pyridine rings is 1. The minimum absolute atomic E-state index is 0.158. The van der Waals surface area contributed by atoms with Crippen molar-refractivity contribution in [1.82, 2.24) is 20.4 Å². The highest BCUT2D eigenvalue weighted by molar-refractivity contribution is 7.15. The van der Waals surface area contributed by atoms with Crippen LogP contribution in [0.25, 0.3) is 21.7 Å². The number of carbonyl (C=O) groups excluding carboxylic acids is 1. The molecule has 0 aliphatic rings. The quantitative estimate of drug-likeness (QED) is 0.562. The zero-order chi connectivity index (χ0) is 18.1. The molecule has 0 aliphatic carbocycles. The van der Waals surface area contributed by atoms with Crippen molar-refractivity contribution in [3.8, 4) is 10.6 Å². The smallest absolute Gasteiger partial charge is 0.259 e. The molecule has 4 aromatic rings. The third-order valence-corrected chi connectivity index (χ3v) is 5.83. The summed E-state index contributed by atoms with van der Waals surface area (Å²) < 4.78 is 5.33. The Labute approximate surface area is 157 Å². The fourth-order valence-electron chi connectivity index (χ4n) is 2.73. The molecule has 26 heavy (non-hydrogen) atoms. The van der Waals surface area contributed by atoms with Gasteiger partial charge in [0, 0.05) is 29.4 Å². The number of amides is 1. The van der Waals surface area contributed by atoms with Crippen LogP contribution >= 0.6 is 22.7 Å². The number of thiophene rings is 1. The van der Waals surface area contributed by atoms with Gasteiger partial charge in [-0.2, -0.15) is 0 Å². The van der Waals surface area contributed by atoms with Crippen molar-refractivity contribution in [1.29, 1.82) is 0 Å². The van der Waals surface area contributed by atoms with Crippen LogP contribution in [0.15, 0.2) is 34.3 Å². The number of fused-ring (bicyclic) bond motifs is 1. The Hall–Kier alpha value is -2.58. The molecule has 6 nitrogen and oxygen atoms in total. The van der Waals surface area contributed by atoms with Gasteiger partial charge in [-0.1, -0.05) is 5.16 Å². The minimum atomic E-state index is -0.158. The Kier molecular flexibility index (Phi) is 4.52. The number of rotatable bonds is 5. The van der Waals surface area contributed by atoms with Crippen LogP contribution in [0.4, 0.5) is 0 Å². The van der Waals surface area contributed by atoms with Crippen LogP contribution in [0.5, 0.6) is 0 Å². The Morgan fingerprint density at radius 2 is 2.19 bits per heavy atom. The minimum Gasteiger partial charge on any atom is -0.352 e. The van der Waals surface area contributed by atoms with E-state index in [1.165, 1.54) is 4.88 Å². The first-order valence-corrected chi connectivity index (χ1v) is 9.82.